The molecule has 0 radical (unpaired) electrons. The summed E-state index contributed by atoms with van der Waals surface area (Å²) in [5.41, 5.74) is 0.896. The van der Waals surface area contributed by atoms with Gasteiger partial charge in [-0.2, -0.15) is 5.10 Å². The minimum atomic E-state index is -3.67. The predicted octanol–water partition coefficient (Wildman–Crippen LogP) is -0.0270. The summed E-state index contributed by atoms with van der Waals surface area (Å²) in [5, 5.41) is 15.5. The molecule has 0 spiro atoms. The number of hydrogen-bond acceptors (Lipinski definition) is 5. The maximum Gasteiger partial charge on any atom is 0.260 e. The van der Waals surface area contributed by atoms with E-state index < -0.39 is 10.0 Å². The number of aliphatic hydroxyl groups is 1. The van der Waals surface area contributed by atoms with Gasteiger partial charge < -0.3 is 5.11 Å². The Balaban J connectivity index is 1.96. The molecule has 0 aromatic carbocycles. The highest BCUT2D eigenvalue weighted by Crippen LogP contribution is 2.25. The van der Waals surface area contributed by atoms with E-state index in [1.54, 1.807) is 6.92 Å². The van der Waals surface area contributed by atoms with Crippen molar-refractivity contribution in [2.24, 2.45) is 0 Å². The maximum atomic E-state index is 12.2. The lowest BCUT2D eigenvalue weighted by Gasteiger charge is -2.19. The second-order valence-electron chi connectivity index (χ2n) is 5.05. The van der Waals surface area contributed by atoms with Crippen LogP contribution in [0.2, 0.25) is 0 Å². The number of aromatic nitrogens is 2. The molecule has 0 atom stereocenters. The monoisotopic (exact) mass is 302 g/mol. The van der Waals surface area contributed by atoms with Gasteiger partial charge >= 0.3 is 0 Å². The highest BCUT2D eigenvalue weighted by atomic mass is 32.2. The lowest BCUT2D eigenvalue weighted by atomic mass is 10.3. The van der Waals surface area contributed by atoms with Crippen molar-refractivity contribution in [2.45, 2.75) is 44.4 Å². The van der Waals surface area contributed by atoms with Crippen LogP contribution < -0.4 is 4.72 Å². The topological polar surface area (TPSA) is 98.3 Å². The quantitative estimate of drug-likeness (QED) is 0.626. The van der Waals surface area contributed by atoms with Gasteiger partial charge in [0, 0.05) is 30.4 Å². The van der Waals surface area contributed by atoms with E-state index in [1.165, 1.54) is 12.8 Å². The third kappa shape index (κ3) is 3.38. The van der Waals surface area contributed by atoms with Gasteiger partial charge in [0.2, 0.25) is 0 Å². The number of nitrogens with one attached hydrogen (secondary N) is 2. The average molecular weight is 302 g/mol. The third-order valence-electron chi connectivity index (χ3n) is 3.61. The number of aryl methyl sites for hydroxylation is 1. The molecule has 8 heteroatoms. The van der Waals surface area contributed by atoms with Crippen molar-refractivity contribution in [3.05, 3.63) is 11.3 Å². The van der Waals surface area contributed by atoms with Crippen LogP contribution >= 0.6 is 0 Å². The fraction of sp³-hybridized carbons (Fsp3) is 0.750. The van der Waals surface area contributed by atoms with Gasteiger partial charge in [-0.25, -0.2) is 13.1 Å². The molecule has 1 heterocycles. The predicted molar refractivity (Wildman–Crippen MR) is 74.7 cm³/mol. The molecular weight excluding hydrogens is 280 g/mol. The Bertz CT molecular complexity index is 551. The number of sulfonamides is 1. The first-order valence-corrected chi connectivity index (χ1v) is 8.36. The van der Waals surface area contributed by atoms with Crippen LogP contribution in [0.4, 0.5) is 0 Å². The molecule has 1 fully saturated rings. The highest BCUT2D eigenvalue weighted by Gasteiger charge is 2.28. The van der Waals surface area contributed by atoms with Crippen LogP contribution in [0.15, 0.2) is 5.03 Å². The second kappa shape index (κ2) is 6.21. The fourth-order valence-corrected chi connectivity index (χ4v) is 3.47. The van der Waals surface area contributed by atoms with Crippen molar-refractivity contribution in [1.82, 2.24) is 19.8 Å². The second-order valence-corrected chi connectivity index (χ2v) is 6.73. The first-order valence-electron chi connectivity index (χ1n) is 6.88. The highest BCUT2D eigenvalue weighted by molar-refractivity contribution is 7.89. The Kier molecular flexibility index (Phi) is 4.79. The molecule has 0 aliphatic heterocycles. The summed E-state index contributed by atoms with van der Waals surface area (Å²) >= 11 is 0. The van der Waals surface area contributed by atoms with E-state index >= 15 is 0 Å². The smallest absolute Gasteiger partial charge is 0.260 e. The molecule has 2 rings (SSSR count). The van der Waals surface area contributed by atoms with Crippen LogP contribution in [-0.2, 0) is 16.6 Å². The van der Waals surface area contributed by atoms with Crippen LogP contribution in [-0.4, -0.2) is 54.3 Å². The summed E-state index contributed by atoms with van der Waals surface area (Å²) in [6.45, 7) is 5.39. The van der Waals surface area contributed by atoms with E-state index in [1.807, 2.05) is 0 Å². The van der Waals surface area contributed by atoms with Crippen molar-refractivity contribution in [1.29, 1.82) is 0 Å². The number of nitrogens with zero attached hydrogens (tertiary/aromatic N) is 2. The van der Waals surface area contributed by atoms with Crippen LogP contribution in [0, 0.1) is 6.92 Å². The summed E-state index contributed by atoms with van der Waals surface area (Å²) in [6, 6.07) is 0.616. The summed E-state index contributed by atoms with van der Waals surface area (Å²) in [6.07, 6.45) is 2.40. The van der Waals surface area contributed by atoms with Gasteiger partial charge in [0.05, 0.1) is 6.61 Å². The molecule has 7 nitrogen and oxygen atoms in total. The minimum Gasteiger partial charge on any atom is -0.392 e. The van der Waals surface area contributed by atoms with Gasteiger partial charge in [0.15, 0.2) is 5.03 Å². The maximum absolute atomic E-state index is 12.2. The van der Waals surface area contributed by atoms with E-state index in [4.69, 9.17) is 0 Å². The first-order chi connectivity index (χ1) is 9.49. The van der Waals surface area contributed by atoms with E-state index in [9.17, 15) is 13.5 Å². The fourth-order valence-electron chi connectivity index (χ4n) is 2.27. The lowest BCUT2D eigenvalue weighted by Crippen LogP contribution is -2.36. The summed E-state index contributed by atoms with van der Waals surface area (Å²) in [7, 11) is -3.67. The summed E-state index contributed by atoms with van der Waals surface area (Å²) in [5.74, 6) is 0. The molecule has 0 saturated heterocycles. The Labute approximate surface area is 119 Å². The molecule has 20 heavy (non-hydrogen) atoms. The Morgan fingerprint density at radius 2 is 2.20 bits per heavy atom. The Morgan fingerprint density at radius 1 is 1.50 bits per heavy atom. The SMILES string of the molecule is CCN(CCNS(=O)(=O)c1n[nH]c(C)c1CO)C1CC1. The molecule has 0 bridgehead atoms. The van der Waals surface area contributed by atoms with Gasteiger partial charge in [-0.05, 0) is 26.3 Å². The van der Waals surface area contributed by atoms with Crippen molar-refractivity contribution in [2.75, 3.05) is 19.6 Å². The summed E-state index contributed by atoms with van der Waals surface area (Å²) in [4.78, 5) is 2.27. The van der Waals surface area contributed by atoms with E-state index in [0.717, 1.165) is 6.54 Å². The average Bonchev–Trinajstić information content (AvgIpc) is 3.17. The van der Waals surface area contributed by atoms with Gasteiger partial charge in [-0.3, -0.25) is 10.00 Å². The molecule has 3 N–H and O–H groups in total. The molecule has 114 valence electrons. The Morgan fingerprint density at radius 3 is 2.75 bits per heavy atom. The van der Waals surface area contributed by atoms with Crippen molar-refractivity contribution >= 4 is 10.0 Å². The normalized spacial score (nSPS) is 16.0. The summed E-state index contributed by atoms with van der Waals surface area (Å²) < 4.78 is 26.9. The van der Waals surface area contributed by atoms with E-state index in [0.29, 0.717) is 30.4 Å². The number of H-pyrrole nitrogens is 1. The van der Waals surface area contributed by atoms with E-state index in [2.05, 4.69) is 26.7 Å². The first kappa shape index (κ1) is 15.4. The number of aromatic amines is 1. The minimum absolute atomic E-state index is 0.105. The molecule has 0 amide bonds. The molecular formula is C12H22N4O3S. The van der Waals surface area contributed by atoms with Crippen LogP contribution in [0.1, 0.15) is 31.0 Å². The van der Waals surface area contributed by atoms with Crippen molar-refractivity contribution in [3.8, 4) is 0 Å². The molecule has 1 aliphatic rings. The molecule has 1 aromatic heterocycles. The zero-order valence-corrected chi connectivity index (χ0v) is 12.7. The third-order valence-corrected chi connectivity index (χ3v) is 5.04. The van der Waals surface area contributed by atoms with Crippen LogP contribution in [0.3, 0.4) is 0 Å². The number of aliphatic hydroxyl groups excluding tert-OH is 1. The number of hydrogen-bond donors (Lipinski definition) is 3. The standard InChI is InChI=1S/C12H22N4O3S/c1-3-16(10-4-5-10)7-6-13-20(18,19)12-11(8-17)9(2)14-15-12/h10,13,17H,3-8H2,1-2H3,(H,14,15). The zero-order valence-electron chi connectivity index (χ0n) is 11.9. The van der Waals surface area contributed by atoms with Gasteiger partial charge in [-0.1, -0.05) is 6.92 Å². The number of rotatable bonds is 8. The van der Waals surface area contributed by atoms with Gasteiger partial charge in [0.1, 0.15) is 0 Å². The van der Waals surface area contributed by atoms with Crippen molar-refractivity contribution < 1.29 is 13.5 Å². The van der Waals surface area contributed by atoms with Crippen molar-refractivity contribution in [3.63, 3.8) is 0 Å². The van der Waals surface area contributed by atoms with Gasteiger partial charge in [-0.15, -0.1) is 0 Å². The van der Waals surface area contributed by atoms with E-state index in [-0.39, 0.29) is 11.6 Å². The lowest BCUT2D eigenvalue weighted by molar-refractivity contribution is 0.277. The molecule has 0 unspecified atom stereocenters. The molecule has 1 aliphatic carbocycles. The zero-order chi connectivity index (χ0) is 14.8. The number of likely N-dealkylation sites (N-methyl/N-ethyl adjacent to an activating group) is 1. The molecule has 1 saturated carbocycles. The molecule has 1 aromatic rings. The van der Waals surface area contributed by atoms with Crippen LogP contribution in [0.5, 0.6) is 0 Å². The Hall–Kier alpha value is -0.960. The van der Waals surface area contributed by atoms with Crippen LogP contribution in [0.25, 0.3) is 0 Å². The van der Waals surface area contributed by atoms with Gasteiger partial charge in [0.25, 0.3) is 10.0 Å². The largest absolute Gasteiger partial charge is 0.392 e.